The third-order valence-electron chi connectivity index (χ3n) is 2.53. The van der Waals surface area contributed by atoms with E-state index < -0.39 is 0 Å². The van der Waals surface area contributed by atoms with E-state index in [0.717, 1.165) is 0 Å². The van der Waals surface area contributed by atoms with Gasteiger partial charge in [0.25, 0.3) is 0 Å². The maximum absolute atomic E-state index is 13.7. The van der Waals surface area contributed by atoms with Gasteiger partial charge in [-0.25, -0.2) is 9.38 Å². The zero-order valence-corrected chi connectivity index (χ0v) is 11.1. The summed E-state index contributed by atoms with van der Waals surface area (Å²) in [5.74, 6) is -0.637. The summed E-state index contributed by atoms with van der Waals surface area (Å²) in [4.78, 5) is 7.72. The second kappa shape index (κ2) is 6.38. The number of anilines is 2. The summed E-state index contributed by atoms with van der Waals surface area (Å²) in [7, 11) is 0. The lowest BCUT2D eigenvalue weighted by Gasteiger charge is -2.10. The van der Waals surface area contributed by atoms with E-state index in [1.807, 2.05) is 0 Å². The molecule has 0 saturated heterocycles. The Morgan fingerprint density at radius 3 is 2.19 bits per heavy atom. The first kappa shape index (κ1) is 14.3. The van der Waals surface area contributed by atoms with Gasteiger partial charge in [-0.1, -0.05) is 24.3 Å². The van der Waals surface area contributed by atoms with Crippen molar-refractivity contribution in [2.24, 2.45) is 27.2 Å². The Kier molecular flexibility index (Phi) is 4.35. The van der Waals surface area contributed by atoms with Crippen molar-refractivity contribution in [3.63, 3.8) is 0 Å². The molecule has 0 aliphatic rings. The van der Waals surface area contributed by atoms with Gasteiger partial charge in [0.15, 0.2) is 5.96 Å². The molecule has 0 fully saturated rings. The standard InChI is InChI=1S/C14H15FN6/c15-9-5-1-2-6-10(9)19-11-7-3-4-8-12(11)20-14(18)21-13(16)17/h1-8,19H,(H6,16,17,18,20,21). The molecule has 0 aliphatic heterocycles. The van der Waals surface area contributed by atoms with Gasteiger partial charge in [0, 0.05) is 0 Å². The number of guanidine groups is 2. The predicted molar refractivity (Wildman–Crippen MR) is 83.2 cm³/mol. The topological polar surface area (TPSA) is 115 Å². The minimum atomic E-state index is -0.367. The summed E-state index contributed by atoms with van der Waals surface area (Å²) in [6, 6.07) is 13.3. The SMILES string of the molecule is NC(N)=NC(N)=Nc1ccccc1Nc1ccccc1F. The fraction of sp³-hybridized carbons (Fsp3) is 0. The lowest BCUT2D eigenvalue weighted by atomic mass is 10.2. The van der Waals surface area contributed by atoms with E-state index in [-0.39, 0.29) is 17.7 Å². The highest BCUT2D eigenvalue weighted by molar-refractivity contribution is 5.94. The lowest BCUT2D eigenvalue weighted by molar-refractivity contribution is 0.632. The maximum atomic E-state index is 13.7. The summed E-state index contributed by atoms with van der Waals surface area (Å²) < 4.78 is 13.7. The first-order chi connectivity index (χ1) is 10.1. The molecule has 21 heavy (non-hydrogen) atoms. The fourth-order valence-electron chi connectivity index (χ4n) is 1.67. The van der Waals surface area contributed by atoms with Gasteiger partial charge in [0.2, 0.25) is 5.96 Å². The number of nitrogens with one attached hydrogen (secondary N) is 1. The van der Waals surface area contributed by atoms with E-state index in [2.05, 4.69) is 15.3 Å². The van der Waals surface area contributed by atoms with Crippen LogP contribution in [0.4, 0.5) is 21.5 Å². The molecule has 0 heterocycles. The molecule has 0 bridgehead atoms. The van der Waals surface area contributed by atoms with Crippen molar-refractivity contribution in [1.82, 2.24) is 0 Å². The smallest absolute Gasteiger partial charge is 0.223 e. The summed E-state index contributed by atoms with van der Waals surface area (Å²) >= 11 is 0. The minimum absolute atomic E-state index is 0.0854. The highest BCUT2D eigenvalue weighted by Crippen LogP contribution is 2.28. The molecule has 0 atom stereocenters. The highest BCUT2D eigenvalue weighted by atomic mass is 19.1. The largest absolute Gasteiger partial charge is 0.370 e. The van der Waals surface area contributed by atoms with E-state index >= 15 is 0 Å². The van der Waals surface area contributed by atoms with Gasteiger partial charge in [-0.05, 0) is 24.3 Å². The number of nitrogens with zero attached hydrogens (tertiary/aromatic N) is 2. The monoisotopic (exact) mass is 286 g/mol. The molecule has 7 heteroatoms. The Morgan fingerprint density at radius 2 is 1.52 bits per heavy atom. The molecule has 0 spiro atoms. The van der Waals surface area contributed by atoms with Crippen molar-refractivity contribution >= 4 is 29.0 Å². The third kappa shape index (κ3) is 3.93. The maximum Gasteiger partial charge on any atom is 0.223 e. The van der Waals surface area contributed by atoms with Gasteiger partial charge in [-0.15, -0.1) is 0 Å². The van der Waals surface area contributed by atoms with Crippen LogP contribution in [0.15, 0.2) is 58.5 Å². The Labute approximate surface area is 121 Å². The Morgan fingerprint density at radius 1 is 0.905 bits per heavy atom. The number of aliphatic imine (C=N–C) groups is 2. The average molecular weight is 286 g/mol. The van der Waals surface area contributed by atoms with Crippen LogP contribution in [-0.4, -0.2) is 11.9 Å². The summed E-state index contributed by atoms with van der Waals surface area (Å²) in [6.45, 7) is 0. The third-order valence-corrected chi connectivity index (χ3v) is 2.53. The summed E-state index contributed by atoms with van der Waals surface area (Å²) in [6.07, 6.45) is 0. The molecule has 2 aromatic rings. The number of hydrogen-bond donors (Lipinski definition) is 4. The molecule has 0 radical (unpaired) electrons. The number of benzene rings is 2. The van der Waals surface area contributed by atoms with Crippen LogP contribution < -0.4 is 22.5 Å². The second-order valence-electron chi connectivity index (χ2n) is 4.13. The molecule has 0 unspecified atom stereocenters. The van der Waals surface area contributed by atoms with Gasteiger partial charge in [-0.2, -0.15) is 4.99 Å². The number of para-hydroxylation sites is 3. The van der Waals surface area contributed by atoms with Crippen LogP contribution >= 0.6 is 0 Å². The molecule has 7 N–H and O–H groups in total. The van der Waals surface area contributed by atoms with Crippen molar-refractivity contribution in [3.05, 3.63) is 54.3 Å². The minimum Gasteiger partial charge on any atom is -0.370 e. The van der Waals surface area contributed by atoms with E-state index in [9.17, 15) is 4.39 Å². The van der Waals surface area contributed by atoms with Gasteiger partial charge < -0.3 is 22.5 Å². The summed E-state index contributed by atoms with van der Waals surface area (Å²) in [5.41, 5.74) is 17.5. The Hall–Kier alpha value is -3.09. The molecule has 108 valence electrons. The van der Waals surface area contributed by atoms with Gasteiger partial charge >= 0.3 is 0 Å². The van der Waals surface area contributed by atoms with Crippen molar-refractivity contribution in [3.8, 4) is 0 Å². The molecule has 2 rings (SSSR count). The van der Waals surface area contributed by atoms with Gasteiger partial charge in [-0.3, -0.25) is 0 Å². The van der Waals surface area contributed by atoms with Gasteiger partial charge in [0.1, 0.15) is 5.82 Å². The van der Waals surface area contributed by atoms with E-state index in [1.54, 1.807) is 42.5 Å². The fourth-order valence-corrected chi connectivity index (χ4v) is 1.67. The molecule has 6 nitrogen and oxygen atoms in total. The number of halogens is 1. The number of nitrogens with two attached hydrogens (primary N) is 3. The van der Waals surface area contributed by atoms with Crippen molar-refractivity contribution in [2.45, 2.75) is 0 Å². The zero-order valence-electron chi connectivity index (χ0n) is 11.1. The molecule has 0 aromatic heterocycles. The first-order valence-electron chi connectivity index (χ1n) is 6.10. The quantitative estimate of drug-likeness (QED) is 0.508. The molecule has 0 aliphatic carbocycles. The number of hydrogen-bond acceptors (Lipinski definition) is 2. The van der Waals surface area contributed by atoms with Crippen molar-refractivity contribution < 1.29 is 4.39 Å². The Bertz CT molecular complexity index is 691. The normalized spacial score (nSPS) is 11.0. The van der Waals surface area contributed by atoms with Crippen LogP contribution in [-0.2, 0) is 0 Å². The lowest BCUT2D eigenvalue weighted by Crippen LogP contribution is -2.26. The van der Waals surface area contributed by atoms with E-state index in [0.29, 0.717) is 17.1 Å². The van der Waals surface area contributed by atoms with Crippen LogP contribution in [0.2, 0.25) is 0 Å². The van der Waals surface area contributed by atoms with E-state index in [4.69, 9.17) is 17.2 Å². The Balaban J connectivity index is 2.34. The molecule has 2 aromatic carbocycles. The zero-order chi connectivity index (χ0) is 15.2. The molecular weight excluding hydrogens is 271 g/mol. The van der Waals surface area contributed by atoms with Crippen LogP contribution in [0.5, 0.6) is 0 Å². The van der Waals surface area contributed by atoms with Crippen LogP contribution in [0.25, 0.3) is 0 Å². The average Bonchev–Trinajstić information content (AvgIpc) is 2.42. The predicted octanol–water partition coefficient (Wildman–Crippen LogP) is 1.79. The van der Waals surface area contributed by atoms with Crippen molar-refractivity contribution in [2.75, 3.05) is 5.32 Å². The van der Waals surface area contributed by atoms with Crippen LogP contribution in [0.1, 0.15) is 0 Å². The first-order valence-corrected chi connectivity index (χ1v) is 6.10. The second-order valence-corrected chi connectivity index (χ2v) is 4.13. The van der Waals surface area contributed by atoms with Gasteiger partial charge in [0.05, 0.1) is 17.1 Å². The molecule has 0 amide bonds. The van der Waals surface area contributed by atoms with Crippen LogP contribution in [0.3, 0.4) is 0 Å². The summed E-state index contributed by atoms with van der Waals surface area (Å²) in [5, 5.41) is 2.95. The molecule has 0 saturated carbocycles. The highest BCUT2D eigenvalue weighted by Gasteiger charge is 2.05. The molecular formula is C14H15FN6. The van der Waals surface area contributed by atoms with Crippen LogP contribution in [0, 0.1) is 5.82 Å². The van der Waals surface area contributed by atoms with Crippen molar-refractivity contribution in [1.29, 1.82) is 0 Å². The van der Waals surface area contributed by atoms with E-state index in [1.165, 1.54) is 6.07 Å². The number of rotatable bonds is 3.